The van der Waals surface area contributed by atoms with Crippen LogP contribution in [0.5, 0.6) is 0 Å². The fourth-order valence-electron chi connectivity index (χ4n) is 1.51. The van der Waals surface area contributed by atoms with Crippen molar-refractivity contribution in [3.63, 3.8) is 0 Å². The minimum absolute atomic E-state index is 0.0311. The molecule has 7 nitrogen and oxygen atoms in total. The first-order chi connectivity index (χ1) is 8.34. The van der Waals surface area contributed by atoms with E-state index >= 15 is 0 Å². The van der Waals surface area contributed by atoms with Gasteiger partial charge in [0.2, 0.25) is 5.78 Å². The lowest BCUT2D eigenvalue weighted by Crippen LogP contribution is -2.36. The molecular weight excluding hydrogens is 376 g/mol. The summed E-state index contributed by atoms with van der Waals surface area (Å²) in [5, 5.41) is 13.1. The summed E-state index contributed by atoms with van der Waals surface area (Å²) in [5.41, 5.74) is -1.04. The van der Waals surface area contributed by atoms with Crippen LogP contribution in [0.25, 0.3) is 0 Å². The van der Waals surface area contributed by atoms with Gasteiger partial charge in [-0.1, -0.05) is 0 Å². The smallest absolute Gasteiger partial charge is 0.300 e. The second-order valence-electron chi connectivity index (χ2n) is 3.31. The van der Waals surface area contributed by atoms with Crippen molar-refractivity contribution >= 4 is 60.7 Å². The van der Waals surface area contributed by atoms with Crippen molar-refractivity contribution in [2.24, 2.45) is 0 Å². The number of Topliss-reactive ketones (excluding diaryl/α,β-unsaturated/α-hetero) is 2. The maximum atomic E-state index is 11.7. The average Bonchev–Trinajstić information content (AvgIpc) is 2.29. The van der Waals surface area contributed by atoms with Crippen LogP contribution >= 0.6 is 31.9 Å². The number of carbonyl (C=O) groups is 3. The van der Waals surface area contributed by atoms with Crippen LogP contribution < -0.4 is 5.32 Å². The summed E-state index contributed by atoms with van der Waals surface area (Å²) in [6, 6.07) is 1.31. The molecule has 0 saturated carbocycles. The van der Waals surface area contributed by atoms with Crippen molar-refractivity contribution in [1.82, 2.24) is 0 Å². The lowest BCUT2D eigenvalue weighted by Gasteiger charge is -2.15. The van der Waals surface area contributed by atoms with E-state index < -0.39 is 33.6 Å². The first kappa shape index (κ1) is 12.8. The van der Waals surface area contributed by atoms with E-state index in [0.29, 0.717) is 0 Å². The number of halogens is 2. The maximum absolute atomic E-state index is 11.7. The van der Waals surface area contributed by atoms with Gasteiger partial charge in [-0.25, -0.2) is 0 Å². The van der Waals surface area contributed by atoms with Crippen molar-refractivity contribution in [1.29, 1.82) is 0 Å². The average molecular weight is 378 g/mol. The van der Waals surface area contributed by atoms with Crippen LogP contribution in [0.3, 0.4) is 0 Å². The van der Waals surface area contributed by atoms with Gasteiger partial charge >= 0.3 is 0 Å². The summed E-state index contributed by atoms with van der Waals surface area (Å²) in [7, 11) is 0. The van der Waals surface area contributed by atoms with Crippen LogP contribution in [0.15, 0.2) is 15.0 Å². The molecule has 1 N–H and O–H groups in total. The van der Waals surface area contributed by atoms with E-state index in [0.717, 1.165) is 0 Å². The van der Waals surface area contributed by atoms with E-state index in [1.807, 2.05) is 0 Å². The van der Waals surface area contributed by atoms with Crippen LogP contribution in [0.2, 0.25) is 0 Å². The lowest BCUT2D eigenvalue weighted by molar-refractivity contribution is -0.385. The molecule has 1 amide bonds. The molecule has 92 valence electrons. The number of ketones is 2. The Bertz CT molecular complexity index is 640. The van der Waals surface area contributed by atoms with Crippen molar-refractivity contribution in [3.05, 3.63) is 30.7 Å². The summed E-state index contributed by atoms with van der Waals surface area (Å²) in [4.78, 5) is 44.2. The third-order valence-corrected chi connectivity index (χ3v) is 4.23. The van der Waals surface area contributed by atoms with Crippen molar-refractivity contribution < 1.29 is 19.3 Å². The summed E-state index contributed by atoms with van der Waals surface area (Å²) >= 11 is 6.01. The van der Waals surface area contributed by atoms with E-state index in [-0.39, 0.29) is 14.6 Å². The molecule has 1 heterocycles. The number of amides is 1. The minimum atomic E-state index is -1.32. The van der Waals surface area contributed by atoms with Crippen molar-refractivity contribution in [2.45, 2.75) is 0 Å². The van der Waals surface area contributed by atoms with Gasteiger partial charge in [-0.05, 0) is 37.9 Å². The summed E-state index contributed by atoms with van der Waals surface area (Å²) in [6.07, 6.45) is 0. The Morgan fingerprint density at radius 2 is 1.78 bits per heavy atom. The van der Waals surface area contributed by atoms with E-state index in [1.165, 1.54) is 6.07 Å². The number of nitrogens with zero attached hydrogens (tertiary/aromatic N) is 1. The number of carbonyl (C=O) groups excluding carboxylic acids is 3. The molecule has 9 heteroatoms. The normalized spacial score (nSPS) is 14.2. The van der Waals surface area contributed by atoms with Gasteiger partial charge in [-0.2, -0.15) is 0 Å². The Morgan fingerprint density at radius 3 is 2.33 bits per heavy atom. The molecule has 18 heavy (non-hydrogen) atoms. The number of hydrogen-bond acceptors (Lipinski definition) is 5. The quantitative estimate of drug-likeness (QED) is 0.456. The second kappa shape index (κ2) is 4.25. The number of nitrogens with one attached hydrogen (secondary N) is 1. The zero-order valence-electron chi connectivity index (χ0n) is 8.32. The molecule has 0 bridgehead atoms. The Hall–Kier alpha value is -1.61. The van der Waals surface area contributed by atoms with Gasteiger partial charge in [-0.15, -0.1) is 0 Å². The molecule has 0 radical (unpaired) electrons. The molecule has 1 aromatic rings. The third-order valence-electron chi connectivity index (χ3n) is 2.27. The molecule has 1 aliphatic heterocycles. The predicted molar refractivity (Wildman–Crippen MR) is 66.5 cm³/mol. The molecular formula is C9H2Br2N2O5. The Kier molecular flexibility index (Phi) is 3.03. The van der Waals surface area contributed by atoms with Crippen LogP contribution in [-0.4, -0.2) is 22.4 Å². The van der Waals surface area contributed by atoms with Gasteiger partial charge in [0.25, 0.3) is 17.4 Å². The monoisotopic (exact) mass is 376 g/mol. The second-order valence-corrected chi connectivity index (χ2v) is 4.96. The van der Waals surface area contributed by atoms with Crippen LogP contribution in [0.4, 0.5) is 11.4 Å². The molecule has 0 saturated heterocycles. The van der Waals surface area contributed by atoms with Gasteiger partial charge < -0.3 is 5.32 Å². The van der Waals surface area contributed by atoms with E-state index in [4.69, 9.17) is 0 Å². The number of fused-ring (bicyclic) bond motifs is 1. The molecule has 0 unspecified atom stereocenters. The fourth-order valence-corrected chi connectivity index (χ4v) is 2.38. The summed E-state index contributed by atoms with van der Waals surface area (Å²) in [5.74, 6) is -3.61. The van der Waals surface area contributed by atoms with Crippen LogP contribution in [0.1, 0.15) is 10.4 Å². The highest BCUT2D eigenvalue weighted by Crippen LogP contribution is 2.41. The van der Waals surface area contributed by atoms with Gasteiger partial charge in [0, 0.05) is 4.47 Å². The fraction of sp³-hybridized carbons (Fsp3) is 0. The highest BCUT2D eigenvalue weighted by atomic mass is 79.9. The number of benzene rings is 1. The Labute approximate surface area is 116 Å². The van der Waals surface area contributed by atoms with Crippen LogP contribution in [0, 0.1) is 10.1 Å². The number of nitro groups is 1. The maximum Gasteiger partial charge on any atom is 0.300 e. The number of anilines is 1. The van der Waals surface area contributed by atoms with Gasteiger partial charge in [0.15, 0.2) is 0 Å². The molecule has 0 fully saturated rings. The van der Waals surface area contributed by atoms with Crippen molar-refractivity contribution in [2.75, 3.05) is 5.32 Å². The highest BCUT2D eigenvalue weighted by molar-refractivity contribution is 9.13. The topological polar surface area (TPSA) is 106 Å². The SMILES string of the molecule is O=C1Nc2cc(Br)c(Br)c([N+](=O)[O-])c2C(=O)C1=O. The molecule has 2 rings (SSSR count). The largest absolute Gasteiger partial charge is 0.318 e. The van der Waals surface area contributed by atoms with Gasteiger partial charge in [-0.3, -0.25) is 24.5 Å². The zero-order chi connectivity index (χ0) is 13.6. The number of hydrogen-bond donors (Lipinski definition) is 1. The van der Waals surface area contributed by atoms with E-state index in [1.54, 1.807) is 0 Å². The Balaban J connectivity index is 2.85. The lowest BCUT2D eigenvalue weighted by atomic mass is 9.99. The van der Waals surface area contributed by atoms with Crippen LogP contribution in [-0.2, 0) is 9.59 Å². The standard InChI is InChI=1S/C9H2Br2N2O5/c10-2-1-3-4(6(5(2)11)13(17)18)7(14)8(15)9(16)12-3/h1H,(H,12,16). The first-order valence-corrected chi connectivity index (χ1v) is 5.99. The molecule has 0 atom stereocenters. The van der Waals surface area contributed by atoms with Gasteiger partial charge in [0.05, 0.1) is 10.6 Å². The molecule has 1 aromatic carbocycles. The number of nitro benzene ring substituents is 1. The Morgan fingerprint density at radius 1 is 1.17 bits per heavy atom. The third kappa shape index (κ3) is 1.75. The molecule has 0 spiro atoms. The highest BCUT2D eigenvalue weighted by Gasteiger charge is 2.39. The molecule has 0 aliphatic carbocycles. The van der Waals surface area contributed by atoms with Gasteiger partial charge in [0.1, 0.15) is 10.0 Å². The minimum Gasteiger partial charge on any atom is -0.318 e. The van der Waals surface area contributed by atoms with E-state index in [2.05, 4.69) is 37.2 Å². The first-order valence-electron chi connectivity index (χ1n) is 4.41. The predicted octanol–water partition coefficient (Wildman–Crippen LogP) is 1.82. The zero-order valence-corrected chi connectivity index (χ0v) is 11.5. The summed E-state index contributed by atoms with van der Waals surface area (Å²) < 4.78 is 0.318. The number of rotatable bonds is 1. The summed E-state index contributed by atoms with van der Waals surface area (Å²) in [6.45, 7) is 0. The van der Waals surface area contributed by atoms with Crippen molar-refractivity contribution in [3.8, 4) is 0 Å². The molecule has 1 aliphatic rings. The van der Waals surface area contributed by atoms with E-state index in [9.17, 15) is 24.5 Å². The molecule has 0 aromatic heterocycles.